The first kappa shape index (κ1) is 39.3. The lowest BCUT2D eigenvalue weighted by atomic mass is 9.79. The largest absolute Gasteiger partial charge is 0.493 e. The molecule has 1 aliphatic heterocycles. The molecule has 1 heterocycles. The van der Waals surface area contributed by atoms with Gasteiger partial charge < -0.3 is 36.1 Å². The first-order valence-corrected chi connectivity index (χ1v) is 18.0. The number of hydrogen-bond donors (Lipinski definition) is 4. The molecular formula is C40H48N6O8. The predicted molar refractivity (Wildman–Crippen MR) is 202 cm³/mol. The van der Waals surface area contributed by atoms with E-state index in [4.69, 9.17) is 15.2 Å². The molecule has 2 aliphatic rings. The van der Waals surface area contributed by atoms with Crippen molar-refractivity contribution in [3.8, 4) is 11.5 Å². The molecular weight excluding hydrogens is 692 g/mol. The Morgan fingerprint density at radius 3 is 2.17 bits per heavy atom. The number of ether oxygens (including phenoxy) is 2. The predicted octanol–water partition coefficient (Wildman–Crippen LogP) is 5.45. The SMILES string of the molecule is COc1ccc([C@H](CC(N)=O)NC(=O)[C@H](CC(C)C)N2C(=O)N(Cc3ccc(NC(=O)Nc4ccccc4C)cc3)C3(CCC(=O)CC3)C2=O)cc1OC. The third-order valence-corrected chi connectivity index (χ3v) is 9.99. The number of nitrogens with two attached hydrogens (primary N) is 1. The zero-order valence-corrected chi connectivity index (χ0v) is 31.3. The molecule has 1 saturated carbocycles. The zero-order valence-electron chi connectivity index (χ0n) is 31.3. The number of benzene rings is 3. The fraction of sp³-hybridized carbons (Fsp3) is 0.400. The molecule has 1 spiro atoms. The third kappa shape index (κ3) is 8.64. The molecule has 1 saturated heterocycles. The molecule has 286 valence electrons. The van der Waals surface area contributed by atoms with Gasteiger partial charge in [0.25, 0.3) is 5.91 Å². The summed E-state index contributed by atoms with van der Waals surface area (Å²) in [6, 6.07) is 16.1. The minimum absolute atomic E-state index is 0.000592. The number of ketones is 1. The van der Waals surface area contributed by atoms with E-state index < -0.39 is 47.4 Å². The number of hydrogen-bond acceptors (Lipinski definition) is 8. The summed E-state index contributed by atoms with van der Waals surface area (Å²) in [6.07, 6.45) is 0.363. The maximum atomic E-state index is 14.6. The Kier molecular flexibility index (Phi) is 12.2. The summed E-state index contributed by atoms with van der Waals surface area (Å²) in [5.41, 5.74) is 7.57. The van der Waals surface area contributed by atoms with Crippen LogP contribution in [0.3, 0.4) is 0 Å². The summed E-state index contributed by atoms with van der Waals surface area (Å²) in [5.74, 6) is -1.13. The van der Waals surface area contributed by atoms with Gasteiger partial charge in [0.2, 0.25) is 11.8 Å². The van der Waals surface area contributed by atoms with Crippen LogP contribution in [0.15, 0.2) is 66.7 Å². The number of primary amides is 1. The Morgan fingerprint density at radius 2 is 1.56 bits per heavy atom. The summed E-state index contributed by atoms with van der Waals surface area (Å²) in [5, 5.41) is 8.51. The Hall–Kier alpha value is -5.92. The number of carbonyl (C=O) groups is 6. The van der Waals surface area contributed by atoms with E-state index in [2.05, 4.69) is 16.0 Å². The van der Waals surface area contributed by atoms with Gasteiger partial charge in [-0.2, -0.15) is 0 Å². The van der Waals surface area contributed by atoms with Crippen molar-refractivity contribution in [3.05, 3.63) is 83.4 Å². The zero-order chi connectivity index (χ0) is 39.2. The first-order chi connectivity index (χ1) is 25.8. The lowest BCUT2D eigenvalue weighted by Crippen LogP contribution is -2.54. The van der Waals surface area contributed by atoms with E-state index in [1.807, 2.05) is 39.0 Å². The second-order valence-corrected chi connectivity index (χ2v) is 14.2. The van der Waals surface area contributed by atoms with E-state index in [0.717, 1.165) is 10.5 Å². The van der Waals surface area contributed by atoms with Crippen molar-refractivity contribution in [2.45, 2.75) is 83.5 Å². The Morgan fingerprint density at radius 1 is 0.889 bits per heavy atom. The topological polar surface area (TPSA) is 189 Å². The molecule has 14 nitrogen and oxygen atoms in total. The van der Waals surface area contributed by atoms with Crippen molar-refractivity contribution >= 4 is 46.9 Å². The fourth-order valence-corrected chi connectivity index (χ4v) is 7.10. The lowest BCUT2D eigenvalue weighted by Gasteiger charge is -2.37. The Balaban J connectivity index is 1.40. The fourth-order valence-electron chi connectivity index (χ4n) is 7.10. The number of urea groups is 2. The van der Waals surface area contributed by atoms with E-state index >= 15 is 0 Å². The van der Waals surface area contributed by atoms with Crippen molar-refractivity contribution in [3.63, 3.8) is 0 Å². The summed E-state index contributed by atoms with van der Waals surface area (Å²) in [6.45, 7) is 5.68. The van der Waals surface area contributed by atoms with Crippen molar-refractivity contribution < 1.29 is 38.2 Å². The highest BCUT2D eigenvalue weighted by molar-refractivity contribution is 6.10. The van der Waals surface area contributed by atoms with Gasteiger partial charge in [-0.1, -0.05) is 50.2 Å². The molecule has 0 unspecified atom stereocenters. The van der Waals surface area contributed by atoms with Gasteiger partial charge in [-0.15, -0.1) is 0 Å². The molecule has 7 amide bonds. The van der Waals surface area contributed by atoms with Crippen LogP contribution in [0.25, 0.3) is 0 Å². The summed E-state index contributed by atoms with van der Waals surface area (Å²) in [4.78, 5) is 83.2. The second kappa shape index (κ2) is 16.8. The van der Waals surface area contributed by atoms with Crippen LogP contribution < -0.4 is 31.2 Å². The molecule has 5 N–H and O–H groups in total. The quantitative estimate of drug-likeness (QED) is 0.157. The van der Waals surface area contributed by atoms with Crippen molar-refractivity contribution in [2.24, 2.45) is 11.7 Å². The minimum Gasteiger partial charge on any atom is -0.493 e. The first-order valence-electron chi connectivity index (χ1n) is 18.0. The summed E-state index contributed by atoms with van der Waals surface area (Å²) in [7, 11) is 2.95. The number of methoxy groups -OCH3 is 2. The maximum absolute atomic E-state index is 14.6. The van der Waals surface area contributed by atoms with Gasteiger partial charge in [-0.25, -0.2) is 14.5 Å². The number of nitrogens with zero attached hydrogens (tertiary/aromatic N) is 2. The molecule has 2 atom stereocenters. The molecule has 54 heavy (non-hydrogen) atoms. The van der Waals surface area contributed by atoms with Crippen LogP contribution in [0.1, 0.15) is 75.1 Å². The smallest absolute Gasteiger partial charge is 0.328 e. The Bertz CT molecular complexity index is 1900. The van der Waals surface area contributed by atoms with E-state index in [0.29, 0.717) is 34.0 Å². The van der Waals surface area contributed by atoms with Gasteiger partial charge in [0.15, 0.2) is 11.5 Å². The second-order valence-electron chi connectivity index (χ2n) is 14.2. The average Bonchev–Trinajstić information content (AvgIpc) is 3.33. The van der Waals surface area contributed by atoms with Crippen LogP contribution in [0, 0.1) is 12.8 Å². The lowest BCUT2D eigenvalue weighted by molar-refractivity contribution is -0.142. The van der Waals surface area contributed by atoms with Gasteiger partial charge in [0, 0.05) is 30.8 Å². The summed E-state index contributed by atoms with van der Waals surface area (Å²) < 4.78 is 10.8. The van der Waals surface area contributed by atoms with E-state index in [9.17, 15) is 28.8 Å². The highest BCUT2D eigenvalue weighted by Gasteiger charge is 2.60. The van der Waals surface area contributed by atoms with E-state index in [1.165, 1.54) is 19.1 Å². The van der Waals surface area contributed by atoms with Crippen LogP contribution in [0.2, 0.25) is 0 Å². The number of aryl methyl sites for hydroxylation is 1. The number of rotatable bonds is 14. The minimum atomic E-state index is -1.33. The van der Waals surface area contributed by atoms with E-state index in [-0.39, 0.29) is 56.8 Å². The van der Waals surface area contributed by atoms with Crippen molar-refractivity contribution in [1.29, 1.82) is 0 Å². The molecule has 0 bridgehead atoms. The standard InChI is InChI=1S/C40H48N6O8/c1-24(2)20-32(36(49)43-31(22-35(41)48)27-12-15-33(53-4)34(21-27)54-5)46-37(50)40(18-16-29(47)17-19-40)45(39(46)52)23-26-10-13-28(14-11-26)42-38(51)44-30-9-7-6-8-25(30)3/h6-15,21,24,31-32H,16-20,22-23H2,1-5H3,(H2,41,48)(H,43,49)(H2,42,44,51)/t31-,32-/m0/s1. The summed E-state index contributed by atoms with van der Waals surface area (Å²) >= 11 is 0. The molecule has 2 fully saturated rings. The molecule has 3 aromatic rings. The highest BCUT2D eigenvalue weighted by atomic mass is 16.5. The normalized spacial score (nSPS) is 16.3. The molecule has 0 aromatic heterocycles. The number of para-hydroxylation sites is 1. The van der Waals surface area contributed by atoms with Crippen LogP contribution in [-0.4, -0.2) is 71.2 Å². The number of anilines is 2. The molecule has 1 aliphatic carbocycles. The molecule has 0 radical (unpaired) electrons. The monoisotopic (exact) mass is 740 g/mol. The number of nitrogens with one attached hydrogen (secondary N) is 3. The van der Waals surface area contributed by atoms with Gasteiger partial charge in [-0.3, -0.25) is 19.2 Å². The third-order valence-electron chi connectivity index (χ3n) is 9.99. The number of carbonyl (C=O) groups excluding carboxylic acids is 6. The van der Waals surface area contributed by atoms with Gasteiger partial charge in [0.05, 0.1) is 26.7 Å². The average molecular weight is 741 g/mol. The maximum Gasteiger partial charge on any atom is 0.328 e. The number of imide groups is 1. The molecule has 3 aromatic carbocycles. The number of Topliss-reactive ketones (excluding diaryl/α,β-unsaturated/α-hetero) is 1. The van der Waals surface area contributed by atoms with Crippen LogP contribution in [0.4, 0.5) is 21.0 Å². The Labute approximate surface area is 314 Å². The number of amides is 7. The van der Waals surface area contributed by atoms with Gasteiger partial charge in [-0.05, 0) is 79.1 Å². The molecule has 14 heteroatoms. The van der Waals surface area contributed by atoms with Crippen LogP contribution in [0.5, 0.6) is 11.5 Å². The van der Waals surface area contributed by atoms with Crippen LogP contribution in [-0.2, 0) is 25.7 Å². The van der Waals surface area contributed by atoms with Crippen LogP contribution >= 0.6 is 0 Å². The highest BCUT2D eigenvalue weighted by Crippen LogP contribution is 2.42. The van der Waals surface area contributed by atoms with E-state index in [1.54, 1.807) is 48.5 Å². The van der Waals surface area contributed by atoms with Crippen molar-refractivity contribution in [1.82, 2.24) is 15.1 Å². The van der Waals surface area contributed by atoms with Gasteiger partial charge >= 0.3 is 12.1 Å². The van der Waals surface area contributed by atoms with Crippen molar-refractivity contribution in [2.75, 3.05) is 24.9 Å². The molecule has 5 rings (SSSR count). The van der Waals surface area contributed by atoms with Gasteiger partial charge in [0.1, 0.15) is 17.4 Å².